The molecule has 8 heteroatoms. The molecule has 34 heavy (non-hydrogen) atoms. The van der Waals surface area contributed by atoms with E-state index < -0.39 is 6.16 Å². The lowest BCUT2D eigenvalue weighted by atomic mass is 9.96. The molecule has 0 unspecified atom stereocenters. The van der Waals surface area contributed by atoms with Gasteiger partial charge in [-0.25, -0.2) is 4.79 Å². The quantitative estimate of drug-likeness (QED) is 0.444. The second-order valence-electron chi connectivity index (χ2n) is 8.09. The van der Waals surface area contributed by atoms with Crippen LogP contribution in [-0.4, -0.2) is 55.7 Å². The number of hydrogen-bond acceptors (Lipinski definition) is 6. The Hall–Kier alpha value is -3.55. The first-order chi connectivity index (χ1) is 16.5. The van der Waals surface area contributed by atoms with E-state index in [0.717, 1.165) is 30.6 Å². The average Bonchev–Trinajstić information content (AvgIpc) is 2.87. The van der Waals surface area contributed by atoms with Crippen LogP contribution in [0.2, 0.25) is 0 Å². The van der Waals surface area contributed by atoms with E-state index in [-0.39, 0.29) is 25.0 Å². The molecule has 2 aromatic rings. The van der Waals surface area contributed by atoms with Crippen LogP contribution in [0.4, 0.5) is 4.79 Å². The number of ether oxygens (including phenoxy) is 3. The number of nitrogens with one attached hydrogen (secondary N) is 1. The molecule has 2 amide bonds. The van der Waals surface area contributed by atoms with Crippen LogP contribution in [0.5, 0.6) is 11.5 Å². The summed E-state index contributed by atoms with van der Waals surface area (Å²) in [6.07, 6.45) is 1.72. The molecular weight excluding hydrogens is 436 g/mol. The monoisotopic (exact) mass is 468 g/mol. The Morgan fingerprint density at radius 3 is 2.38 bits per heavy atom. The summed E-state index contributed by atoms with van der Waals surface area (Å²) in [5, 5.41) is 2.95. The summed E-state index contributed by atoms with van der Waals surface area (Å²) in [4.78, 5) is 38.2. The highest BCUT2D eigenvalue weighted by Crippen LogP contribution is 2.20. The second-order valence-corrected chi connectivity index (χ2v) is 8.09. The number of carbonyl (C=O) groups excluding carboxylic acids is 3. The van der Waals surface area contributed by atoms with Gasteiger partial charge in [0.15, 0.2) is 6.61 Å². The second kappa shape index (κ2) is 12.6. The maximum atomic E-state index is 12.6. The molecule has 1 aliphatic rings. The summed E-state index contributed by atoms with van der Waals surface area (Å²) < 4.78 is 15.5. The molecular formula is C26H32N2O6. The first-order valence-corrected chi connectivity index (χ1v) is 11.7. The molecule has 1 N–H and O–H groups in total. The van der Waals surface area contributed by atoms with Crippen LogP contribution in [0.3, 0.4) is 0 Å². The van der Waals surface area contributed by atoms with Crippen molar-refractivity contribution >= 4 is 18.0 Å². The number of hydrogen-bond donors (Lipinski definition) is 1. The van der Waals surface area contributed by atoms with Gasteiger partial charge < -0.3 is 24.4 Å². The van der Waals surface area contributed by atoms with Crippen LogP contribution in [0.25, 0.3) is 0 Å². The van der Waals surface area contributed by atoms with Gasteiger partial charge in [-0.3, -0.25) is 9.59 Å². The zero-order chi connectivity index (χ0) is 24.3. The Morgan fingerprint density at radius 2 is 1.71 bits per heavy atom. The van der Waals surface area contributed by atoms with E-state index in [0.29, 0.717) is 36.9 Å². The van der Waals surface area contributed by atoms with Gasteiger partial charge in [0.1, 0.15) is 11.5 Å². The number of piperidine rings is 1. The average molecular weight is 469 g/mol. The van der Waals surface area contributed by atoms with Crippen molar-refractivity contribution < 1.29 is 28.6 Å². The molecule has 3 rings (SSSR count). The summed E-state index contributed by atoms with van der Waals surface area (Å²) in [6.45, 7) is 5.86. The van der Waals surface area contributed by atoms with Gasteiger partial charge in [0, 0.05) is 25.2 Å². The smallest absolute Gasteiger partial charge is 0.483 e. The van der Waals surface area contributed by atoms with Gasteiger partial charge in [-0.1, -0.05) is 25.1 Å². The zero-order valence-electron chi connectivity index (χ0n) is 19.7. The van der Waals surface area contributed by atoms with Gasteiger partial charge in [0.25, 0.3) is 11.8 Å². The predicted octanol–water partition coefficient (Wildman–Crippen LogP) is 3.83. The Kier molecular flexibility index (Phi) is 9.31. The van der Waals surface area contributed by atoms with E-state index in [4.69, 9.17) is 14.2 Å². The molecule has 0 aromatic heterocycles. The molecule has 0 atom stereocenters. The first kappa shape index (κ1) is 25.1. The standard InChI is InChI=1S/C26H32N2O6/c1-3-20-7-5-6-8-23(20)33-18-24(29)28-15-13-19(14-16-28)17-27-25(30)21-9-11-22(12-10-21)34-26(31)32-4-2/h5-12,19H,3-4,13-18H2,1-2H3,(H,27,30). The SMILES string of the molecule is CCOC(=O)Oc1ccc(C(=O)NCC2CCN(C(=O)COc3ccccc3CC)CC2)cc1. The third-order valence-corrected chi connectivity index (χ3v) is 5.80. The molecule has 1 aliphatic heterocycles. The highest BCUT2D eigenvalue weighted by molar-refractivity contribution is 5.94. The van der Waals surface area contributed by atoms with Crippen LogP contribution >= 0.6 is 0 Å². The van der Waals surface area contributed by atoms with Crippen molar-refractivity contribution in [3.05, 3.63) is 59.7 Å². The van der Waals surface area contributed by atoms with Crippen molar-refractivity contribution in [2.24, 2.45) is 5.92 Å². The molecule has 1 fully saturated rings. The lowest BCUT2D eigenvalue weighted by molar-refractivity contribution is -0.134. The van der Waals surface area contributed by atoms with Gasteiger partial charge in [-0.05, 0) is 68.0 Å². The summed E-state index contributed by atoms with van der Waals surface area (Å²) >= 11 is 0. The molecule has 2 aromatic carbocycles. The fourth-order valence-corrected chi connectivity index (χ4v) is 3.81. The van der Waals surface area contributed by atoms with Crippen LogP contribution in [-0.2, 0) is 16.0 Å². The topological polar surface area (TPSA) is 94.2 Å². The Bertz CT molecular complexity index is 968. The maximum absolute atomic E-state index is 12.6. The molecule has 0 saturated carbocycles. The van der Waals surface area contributed by atoms with E-state index >= 15 is 0 Å². The van der Waals surface area contributed by atoms with Gasteiger partial charge in [0.2, 0.25) is 0 Å². The number of para-hydroxylation sites is 1. The summed E-state index contributed by atoms with van der Waals surface area (Å²) in [5.74, 6) is 1.18. The molecule has 8 nitrogen and oxygen atoms in total. The van der Waals surface area contributed by atoms with Crippen molar-refractivity contribution in [3.8, 4) is 11.5 Å². The molecule has 1 heterocycles. The van der Waals surface area contributed by atoms with E-state index in [2.05, 4.69) is 12.2 Å². The fourth-order valence-electron chi connectivity index (χ4n) is 3.81. The normalized spacial score (nSPS) is 13.8. The minimum absolute atomic E-state index is 0.0153. The Balaban J connectivity index is 1.38. The number of nitrogens with zero attached hydrogens (tertiary/aromatic N) is 1. The number of benzene rings is 2. The van der Waals surface area contributed by atoms with E-state index in [1.54, 1.807) is 31.2 Å². The number of carbonyl (C=O) groups is 3. The lowest BCUT2D eigenvalue weighted by Gasteiger charge is -2.32. The van der Waals surface area contributed by atoms with Gasteiger partial charge >= 0.3 is 6.16 Å². The fraction of sp³-hybridized carbons (Fsp3) is 0.423. The van der Waals surface area contributed by atoms with Gasteiger partial charge in [-0.2, -0.15) is 0 Å². The van der Waals surface area contributed by atoms with E-state index in [1.165, 1.54) is 0 Å². The molecule has 0 bridgehead atoms. The first-order valence-electron chi connectivity index (χ1n) is 11.7. The Labute approximate surface area is 200 Å². The van der Waals surface area contributed by atoms with Crippen molar-refractivity contribution in [2.75, 3.05) is 32.8 Å². The molecule has 1 saturated heterocycles. The third kappa shape index (κ3) is 7.23. The molecule has 182 valence electrons. The van der Waals surface area contributed by atoms with Crippen LogP contribution in [0.1, 0.15) is 42.6 Å². The van der Waals surface area contributed by atoms with E-state index in [9.17, 15) is 14.4 Å². The maximum Gasteiger partial charge on any atom is 0.513 e. The Morgan fingerprint density at radius 1 is 1.00 bits per heavy atom. The highest BCUT2D eigenvalue weighted by Gasteiger charge is 2.23. The van der Waals surface area contributed by atoms with Crippen molar-refractivity contribution in [2.45, 2.75) is 33.1 Å². The van der Waals surface area contributed by atoms with Crippen molar-refractivity contribution in [1.29, 1.82) is 0 Å². The summed E-state index contributed by atoms with van der Waals surface area (Å²) in [5.41, 5.74) is 1.57. The predicted molar refractivity (Wildman–Crippen MR) is 127 cm³/mol. The van der Waals surface area contributed by atoms with Crippen molar-refractivity contribution in [1.82, 2.24) is 10.2 Å². The third-order valence-electron chi connectivity index (χ3n) is 5.80. The van der Waals surface area contributed by atoms with Gasteiger partial charge in [0.05, 0.1) is 6.61 Å². The van der Waals surface area contributed by atoms with Gasteiger partial charge in [-0.15, -0.1) is 0 Å². The number of aryl methyl sites for hydroxylation is 1. The van der Waals surface area contributed by atoms with E-state index in [1.807, 2.05) is 29.2 Å². The lowest BCUT2D eigenvalue weighted by Crippen LogP contribution is -2.43. The number of amides is 2. The van der Waals surface area contributed by atoms with Crippen LogP contribution in [0, 0.1) is 5.92 Å². The van der Waals surface area contributed by atoms with Crippen LogP contribution in [0.15, 0.2) is 48.5 Å². The van der Waals surface area contributed by atoms with Crippen LogP contribution < -0.4 is 14.8 Å². The zero-order valence-corrected chi connectivity index (χ0v) is 19.7. The largest absolute Gasteiger partial charge is 0.513 e. The minimum Gasteiger partial charge on any atom is -0.483 e. The summed E-state index contributed by atoms with van der Waals surface area (Å²) in [6, 6.07) is 14.1. The minimum atomic E-state index is -0.776. The summed E-state index contributed by atoms with van der Waals surface area (Å²) in [7, 11) is 0. The molecule has 0 spiro atoms. The number of rotatable bonds is 9. The highest BCUT2D eigenvalue weighted by atomic mass is 16.7. The number of likely N-dealkylation sites (tertiary alicyclic amines) is 1. The molecule has 0 aliphatic carbocycles. The van der Waals surface area contributed by atoms with Crippen molar-refractivity contribution in [3.63, 3.8) is 0 Å². The molecule has 0 radical (unpaired) electrons.